The molecule has 0 aliphatic heterocycles. The van der Waals surface area contributed by atoms with E-state index < -0.39 is 0 Å². The first-order chi connectivity index (χ1) is 21.5. The molecule has 210 valence electrons. The lowest BCUT2D eigenvalue weighted by atomic mass is 9.80. The van der Waals surface area contributed by atoms with Gasteiger partial charge in [-0.25, -0.2) is 0 Å². The average Bonchev–Trinajstić information content (AvgIpc) is 3.53. The van der Waals surface area contributed by atoms with Crippen LogP contribution in [0.1, 0.15) is 30.5 Å². The van der Waals surface area contributed by atoms with Crippen LogP contribution in [0, 0.1) is 6.92 Å². The summed E-state index contributed by atoms with van der Waals surface area (Å²) in [6.07, 6.45) is 0. The highest BCUT2D eigenvalue weighted by atomic mass is 16.3. The van der Waals surface area contributed by atoms with E-state index in [1.54, 1.807) is 0 Å². The van der Waals surface area contributed by atoms with E-state index >= 15 is 0 Å². The molecule has 0 fully saturated rings. The number of furan rings is 1. The maximum atomic E-state index is 6.54. The Hall–Kier alpha value is -5.34. The van der Waals surface area contributed by atoms with Crippen molar-refractivity contribution in [3.63, 3.8) is 0 Å². The van der Waals surface area contributed by atoms with Gasteiger partial charge in [-0.2, -0.15) is 0 Å². The lowest BCUT2D eigenvalue weighted by Crippen LogP contribution is -2.15. The fraction of sp³-hybridized carbons (Fsp3) is 0.0952. The number of hydrogen-bond acceptors (Lipinski definition) is 2. The van der Waals surface area contributed by atoms with E-state index in [4.69, 9.17) is 4.42 Å². The maximum Gasteiger partial charge on any atom is 0.159 e. The zero-order chi connectivity index (χ0) is 29.6. The molecular weight excluding hydrogens is 534 g/mol. The van der Waals surface area contributed by atoms with Crippen LogP contribution in [0.25, 0.3) is 54.6 Å². The van der Waals surface area contributed by atoms with Gasteiger partial charge in [-0.3, -0.25) is 0 Å². The standard InChI is InChI=1S/C42H31NO/c1-26-10-8-13-30(22-26)43(38-16-9-15-35-33-14-6-7-17-39(33)44-41(35)38)31-19-21-32-29(23-31)18-20-34-36-24-27-11-4-5-12-28(27)25-37(36)42(2,3)40(32)34/h4-25H,1-3H3. The predicted octanol–water partition coefficient (Wildman–Crippen LogP) is 12.0. The Morgan fingerprint density at radius 3 is 2.16 bits per heavy atom. The van der Waals surface area contributed by atoms with Gasteiger partial charge in [-0.15, -0.1) is 0 Å². The van der Waals surface area contributed by atoms with Gasteiger partial charge in [-0.1, -0.05) is 98.8 Å². The summed E-state index contributed by atoms with van der Waals surface area (Å²) >= 11 is 0. The molecule has 2 nitrogen and oxygen atoms in total. The van der Waals surface area contributed by atoms with Crippen molar-refractivity contribution in [2.45, 2.75) is 26.2 Å². The highest BCUT2D eigenvalue weighted by Crippen LogP contribution is 2.53. The number of fused-ring (bicyclic) bond motifs is 9. The highest BCUT2D eigenvalue weighted by molar-refractivity contribution is 6.10. The molecule has 1 heterocycles. The van der Waals surface area contributed by atoms with Crippen molar-refractivity contribution in [3.05, 3.63) is 150 Å². The summed E-state index contributed by atoms with van der Waals surface area (Å²) in [6.45, 7) is 6.90. The van der Waals surface area contributed by atoms with Crippen LogP contribution in [0.4, 0.5) is 17.1 Å². The summed E-state index contributed by atoms with van der Waals surface area (Å²) in [4.78, 5) is 2.34. The van der Waals surface area contributed by atoms with E-state index in [9.17, 15) is 0 Å². The average molecular weight is 566 g/mol. The van der Waals surface area contributed by atoms with Crippen molar-refractivity contribution in [1.29, 1.82) is 0 Å². The molecule has 0 amide bonds. The highest BCUT2D eigenvalue weighted by Gasteiger charge is 2.37. The van der Waals surface area contributed by atoms with Crippen LogP contribution in [0.2, 0.25) is 0 Å². The van der Waals surface area contributed by atoms with Crippen molar-refractivity contribution in [2.75, 3.05) is 4.90 Å². The molecule has 0 spiro atoms. The number of para-hydroxylation sites is 2. The smallest absolute Gasteiger partial charge is 0.159 e. The largest absolute Gasteiger partial charge is 0.454 e. The molecule has 44 heavy (non-hydrogen) atoms. The quantitative estimate of drug-likeness (QED) is 0.212. The van der Waals surface area contributed by atoms with Crippen LogP contribution in [-0.4, -0.2) is 0 Å². The molecule has 0 saturated heterocycles. The van der Waals surface area contributed by atoms with E-state index in [0.29, 0.717) is 0 Å². The minimum absolute atomic E-state index is 0.105. The summed E-state index contributed by atoms with van der Waals surface area (Å²) in [5, 5.41) is 7.40. The van der Waals surface area contributed by atoms with E-state index in [-0.39, 0.29) is 5.41 Å². The molecule has 2 heteroatoms. The normalized spacial score (nSPS) is 13.5. The fourth-order valence-electron chi connectivity index (χ4n) is 7.57. The van der Waals surface area contributed by atoms with E-state index in [1.165, 1.54) is 49.4 Å². The van der Waals surface area contributed by atoms with E-state index in [1.807, 2.05) is 6.07 Å². The maximum absolute atomic E-state index is 6.54. The topological polar surface area (TPSA) is 16.4 Å². The Kier molecular flexibility index (Phi) is 5.20. The fourth-order valence-corrected chi connectivity index (χ4v) is 7.57. The summed E-state index contributed by atoms with van der Waals surface area (Å²) in [6, 6.07) is 48.6. The van der Waals surface area contributed by atoms with Crippen LogP contribution in [0.3, 0.4) is 0 Å². The van der Waals surface area contributed by atoms with Crippen molar-refractivity contribution in [2.24, 2.45) is 0 Å². The van der Waals surface area contributed by atoms with Crippen LogP contribution in [-0.2, 0) is 5.41 Å². The molecule has 9 rings (SSSR count). The van der Waals surface area contributed by atoms with Crippen LogP contribution >= 0.6 is 0 Å². The first-order valence-electron chi connectivity index (χ1n) is 15.4. The number of rotatable bonds is 3. The number of nitrogens with zero attached hydrogens (tertiary/aromatic N) is 1. The van der Waals surface area contributed by atoms with Crippen LogP contribution < -0.4 is 4.90 Å². The van der Waals surface area contributed by atoms with Gasteiger partial charge in [0.15, 0.2) is 5.58 Å². The molecule has 0 bridgehead atoms. The lowest BCUT2D eigenvalue weighted by molar-refractivity contribution is 0.667. The minimum atomic E-state index is -0.105. The van der Waals surface area contributed by atoms with Crippen molar-refractivity contribution in [3.8, 4) is 11.1 Å². The summed E-state index contributed by atoms with van der Waals surface area (Å²) < 4.78 is 6.54. The molecular formula is C42H31NO. The third-order valence-corrected chi connectivity index (χ3v) is 9.62. The van der Waals surface area contributed by atoms with Crippen molar-refractivity contribution in [1.82, 2.24) is 0 Å². The Morgan fingerprint density at radius 1 is 0.545 bits per heavy atom. The number of hydrogen-bond donors (Lipinski definition) is 0. The van der Waals surface area contributed by atoms with Gasteiger partial charge in [0.05, 0.1) is 5.69 Å². The molecule has 8 aromatic rings. The summed E-state index contributed by atoms with van der Waals surface area (Å²) in [5.74, 6) is 0. The summed E-state index contributed by atoms with van der Waals surface area (Å²) in [5.41, 5.74) is 11.7. The first kappa shape index (κ1) is 25.2. The van der Waals surface area contributed by atoms with E-state index in [0.717, 1.165) is 39.0 Å². The Labute approximate surface area is 256 Å². The third-order valence-electron chi connectivity index (χ3n) is 9.62. The molecule has 0 unspecified atom stereocenters. The van der Waals surface area contributed by atoms with Gasteiger partial charge in [0.25, 0.3) is 0 Å². The van der Waals surface area contributed by atoms with E-state index in [2.05, 4.69) is 153 Å². The minimum Gasteiger partial charge on any atom is -0.454 e. The molecule has 1 aliphatic carbocycles. The van der Waals surface area contributed by atoms with Crippen LogP contribution in [0.5, 0.6) is 0 Å². The summed E-state index contributed by atoms with van der Waals surface area (Å²) in [7, 11) is 0. The molecule has 7 aromatic carbocycles. The zero-order valence-electron chi connectivity index (χ0n) is 25.1. The van der Waals surface area contributed by atoms with Gasteiger partial charge in [0, 0.05) is 27.6 Å². The van der Waals surface area contributed by atoms with Crippen LogP contribution in [0.15, 0.2) is 138 Å². The monoisotopic (exact) mass is 565 g/mol. The second-order valence-electron chi connectivity index (χ2n) is 12.7. The number of aryl methyl sites for hydroxylation is 1. The predicted molar refractivity (Wildman–Crippen MR) is 186 cm³/mol. The Balaban J connectivity index is 1.27. The number of benzene rings is 7. The lowest BCUT2D eigenvalue weighted by Gasteiger charge is -2.27. The van der Waals surface area contributed by atoms with Gasteiger partial charge in [0.1, 0.15) is 5.58 Å². The van der Waals surface area contributed by atoms with Crippen molar-refractivity contribution < 1.29 is 4.42 Å². The molecule has 0 N–H and O–H groups in total. The molecule has 0 saturated carbocycles. The molecule has 0 radical (unpaired) electrons. The molecule has 1 aliphatic rings. The van der Waals surface area contributed by atoms with Gasteiger partial charge in [-0.05, 0) is 105 Å². The second kappa shape index (κ2) is 9.08. The molecule has 1 aromatic heterocycles. The first-order valence-corrected chi connectivity index (χ1v) is 15.4. The van der Waals surface area contributed by atoms with Gasteiger partial charge >= 0.3 is 0 Å². The van der Waals surface area contributed by atoms with Gasteiger partial charge in [0.2, 0.25) is 0 Å². The SMILES string of the molecule is Cc1cccc(N(c2ccc3c4c(ccc3c2)-c2cc3ccccc3cc2C4(C)C)c2cccc3c2oc2ccccc23)c1. The second-order valence-corrected chi connectivity index (χ2v) is 12.7. The van der Waals surface area contributed by atoms with Gasteiger partial charge < -0.3 is 9.32 Å². The van der Waals surface area contributed by atoms with Crippen molar-refractivity contribution >= 4 is 60.5 Å². The third kappa shape index (κ3) is 3.55. The Bertz CT molecular complexity index is 2440. The number of anilines is 3. The zero-order valence-corrected chi connectivity index (χ0v) is 25.1. The Morgan fingerprint density at radius 2 is 1.30 bits per heavy atom. The molecule has 0 atom stereocenters.